The first kappa shape index (κ1) is 19.5. The Hall–Kier alpha value is -2.49. The predicted molar refractivity (Wildman–Crippen MR) is 115 cm³/mol. The van der Waals surface area contributed by atoms with E-state index in [9.17, 15) is 4.79 Å². The van der Waals surface area contributed by atoms with E-state index < -0.39 is 5.97 Å². The molecule has 1 N–H and O–H groups in total. The second-order valence-corrected chi connectivity index (χ2v) is 9.80. The summed E-state index contributed by atoms with van der Waals surface area (Å²) in [7, 11) is 0. The summed E-state index contributed by atoms with van der Waals surface area (Å²) >= 11 is 0. The summed E-state index contributed by atoms with van der Waals surface area (Å²) in [5.41, 5.74) is 5.72. The van der Waals surface area contributed by atoms with Crippen molar-refractivity contribution in [2.45, 2.75) is 70.3 Å². The Morgan fingerprint density at radius 3 is 2.77 bits per heavy atom. The maximum Gasteiger partial charge on any atom is 0.304 e. The van der Waals surface area contributed by atoms with Crippen LogP contribution in [0.2, 0.25) is 0 Å². The summed E-state index contributed by atoms with van der Waals surface area (Å²) in [6, 6.07) is 12.6. The first-order valence-electron chi connectivity index (χ1n) is 11.2. The Labute approximate surface area is 178 Å². The van der Waals surface area contributed by atoms with Crippen molar-refractivity contribution in [2.75, 3.05) is 6.61 Å². The smallest absolute Gasteiger partial charge is 0.304 e. The second kappa shape index (κ2) is 7.33. The van der Waals surface area contributed by atoms with Crippen LogP contribution in [0.1, 0.15) is 86.1 Å². The van der Waals surface area contributed by atoms with Crippen molar-refractivity contribution in [3.63, 3.8) is 0 Å². The van der Waals surface area contributed by atoms with Crippen molar-refractivity contribution in [3.05, 3.63) is 58.7 Å². The molecule has 1 aliphatic heterocycles. The maximum atomic E-state index is 11.1. The van der Waals surface area contributed by atoms with E-state index in [0.717, 1.165) is 29.9 Å². The fourth-order valence-corrected chi connectivity index (χ4v) is 5.87. The van der Waals surface area contributed by atoms with Crippen LogP contribution < -0.4 is 9.47 Å². The molecule has 0 spiro atoms. The minimum absolute atomic E-state index is 0.0683. The number of hydrogen-bond acceptors (Lipinski definition) is 3. The number of rotatable bonds is 5. The molecule has 4 heteroatoms. The van der Waals surface area contributed by atoms with Gasteiger partial charge in [0.1, 0.15) is 17.6 Å². The van der Waals surface area contributed by atoms with Crippen LogP contribution >= 0.6 is 0 Å². The third kappa shape index (κ3) is 3.36. The molecule has 0 radical (unpaired) electrons. The van der Waals surface area contributed by atoms with Crippen molar-refractivity contribution < 1.29 is 19.4 Å². The van der Waals surface area contributed by atoms with Crippen LogP contribution in [0.15, 0.2) is 36.4 Å². The highest BCUT2D eigenvalue weighted by Gasteiger charge is 2.38. The fourth-order valence-electron chi connectivity index (χ4n) is 5.87. The SMILES string of the molecule is CC1(C)CCC[C@@H]1c1cccc2c1CC[C@H]2Oc1ccc2c(c1)OC[C@H]2CC(=O)O. The number of ether oxygens (including phenoxy) is 2. The van der Waals surface area contributed by atoms with Crippen LogP contribution in [0.4, 0.5) is 0 Å². The summed E-state index contributed by atoms with van der Waals surface area (Å²) in [4.78, 5) is 11.1. The third-order valence-electron chi connectivity index (χ3n) is 7.45. The molecule has 30 heavy (non-hydrogen) atoms. The van der Waals surface area contributed by atoms with Crippen molar-refractivity contribution in [1.82, 2.24) is 0 Å². The minimum Gasteiger partial charge on any atom is -0.492 e. The summed E-state index contributed by atoms with van der Waals surface area (Å²) in [5.74, 6) is 1.34. The molecule has 0 aromatic heterocycles. The normalized spacial score (nSPS) is 26.1. The molecule has 2 aromatic carbocycles. The zero-order valence-corrected chi connectivity index (χ0v) is 17.8. The summed E-state index contributed by atoms with van der Waals surface area (Å²) < 4.78 is 12.2. The van der Waals surface area contributed by atoms with Gasteiger partial charge < -0.3 is 14.6 Å². The zero-order valence-electron chi connectivity index (χ0n) is 17.8. The molecule has 0 bridgehead atoms. The summed E-state index contributed by atoms with van der Waals surface area (Å²) in [6.07, 6.45) is 6.15. The molecule has 0 amide bonds. The Morgan fingerprint density at radius 2 is 2.00 bits per heavy atom. The van der Waals surface area contributed by atoms with Crippen LogP contribution in [0.25, 0.3) is 0 Å². The largest absolute Gasteiger partial charge is 0.492 e. The van der Waals surface area contributed by atoms with Crippen molar-refractivity contribution in [3.8, 4) is 11.5 Å². The second-order valence-electron chi connectivity index (χ2n) is 9.80. The van der Waals surface area contributed by atoms with Crippen molar-refractivity contribution >= 4 is 5.97 Å². The quantitative estimate of drug-likeness (QED) is 0.662. The highest BCUT2D eigenvalue weighted by Crippen LogP contribution is 2.51. The lowest BCUT2D eigenvalue weighted by Gasteiger charge is -2.29. The van der Waals surface area contributed by atoms with Gasteiger partial charge in [0, 0.05) is 17.5 Å². The van der Waals surface area contributed by atoms with Gasteiger partial charge in [-0.2, -0.15) is 0 Å². The molecule has 0 unspecified atom stereocenters. The number of carboxylic acid groups (broad SMARTS) is 1. The van der Waals surface area contributed by atoms with Gasteiger partial charge in [-0.3, -0.25) is 4.79 Å². The molecule has 158 valence electrons. The van der Waals surface area contributed by atoms with Gasteiger partial charge in [0.05, 0.1) is 13.0 Å². The van der Waals surface area contributed by atoms with Crippen LogP contribution in [0.3, 0.4) is 0 Å². The third-order valence-corrected chi connectivity index (χ3v) is 7.45. The molecule has 1 heterocycles. The Morgan fingerprint density at radius 1 is 1.17 bits per heavy atom. The Bertz CT molecular complexity index is 977. The minimum atomic E-state index is -0.791. The van der Waals surface area contributed by atoms with Crippen LogP contribution in [0, 0.1) is 5.41 Å². The number of benzene rings is 2. The Balaban J connectivity index is 1.37. The van der Waals surface area contributed by atoms with Gasteiger partial charge in [0.2, 0.25) is 0 Å². The molecule has 0 saturated heterocycles. The van der Waals surface area contributed by atoms with E-state index in [4.69, 9.17) is 14.6 Å². The summed E-state index contributed by atoms with van der Waals surface area (Å²) in [5, 5.41) is 9.09. The van der Waals surface area contributed by atoms with Gasteiger partial charge in [0.25, 0.3) is 0 Å². The molecule has 1 saturated carbocycles. The van der Waals surface area contributed by atoms with Gasteiger partial charge in [-0.05, 0) is 59.8 Å². The van der Waals surface area contributed by atoms with E-state index in [1.807, 2.05) is 18.2 Å². The van der Waals surface area contributed by atoms with Gasteiger partial charge in [-0.1, -0.05) is 44.5 Å². The topological polar surface area (TPSA) is 55.8 Å². The lowest BCUT2D eigenvalue weighted by atomic mass is 9.76. The van der Waals surface area contributed by atoms with Crippen molar-refractivity contribution in [2.24, 2.45) is 5.41 Å². The lowest BCUT2D eigenvalue weighted by molar-refractivity contribution is -0.137. The van der Waals surface area contributed by atoms with Crippen molar-refractivity contribution in [1.29, 1.82) is 0 Å². The fraction of sp³-hybridized carbons (Fsp3) is 0.500. The van der Waals surface area contributed by atoms with E-state index in [1.54, 1.807) is 0 Å². The Kier molecular flexibility index (Phi) is 4.76. The first-order valence-corrected chi connectivity index (χ1v) is 11.2. The maximum absolute atomic E-state index is 11.1. The van der Waals surface area contributed by atoms with Gasteiger partial charge in [-0.25, -0.2) is 0 Å². The van der Waals surface area contributed by atoms with Crippen LogP contribution in [-0.2, 0) is 11.2 Å². The van der Waals surface area contributed by atoms with E-state index in [0.29, 0.717) is 17.9 Å². The monoisotopic (exact) mass is 406 g/mol. The molecule has 1 fully saturated rings. The number of aliphatic carboxylic acids is 1. The average Bonchev–Trinajstić information content (AvgIpc) is 3.39. The standard InChI is InChI=1S/C26H30O4/c1-26(2)12-4-7-22(26)20-5-3-6-21-19(20)10-11-23(21)30-17-8-9-18-16(13-25(27)28)15-29-24(18)14-17/h3,5-6,8-9,14,16,22-23H,4,7,10-13,15H2,1-2H3,(H,27,28)/t16-,22-,23-/m1/s1. The molecular formula is C26H30O4. The molecule has 3 aliphatic rings. The molecule has 2 aromatic rings. The first-order chi connectivity index (χ1) is 14.4. The van der Waals surface area contributed by atoms with Gasteiger partial charge in [-0.15, -0.1) is 0 Å². The lowest BCUT2D eigenvalue weighted by Crippen LogP contribution is -2.17. The van der Waals surface area contributed by atoms with Crippen LogP contribution in [-0.4, -0.2) is 17.7 Å². The molecule has 2 aliphatic carbocycles. The summed E-state index contributed by atoms with van der Waals surface area (Å²) in [6.45, 7) is 5.25. The molecular weight excluding hydrogens is 376 g/mol. The number of fused-ring (bicyclic) bond motifs is 2. The van der Waals surface area contributed by atoms with E-state index >= 15 is 0 Å². The number of carboxylic acids is 1. The molecule has 3 atom stereocenters. The molecule has 4 nitrogen and oxygen atoms in total. The van der Waals surface area contributed by atoms with Gasteiger partial charge in [0.15, 0.2) is 0 Å². The van der Waals surface area contributed by atoms with E-state index in [1.165, 1.54) is 36.0 Å². The number of hydrogen-bond donors (Lipinski definition) is 1. The predicted octanol–water partition coefficient (Wildman–Crippen LogP) is 6.00. The highest BCUT2D eigenvalue weighted by atomic mass is 16.5. The van der Waals surface area contributed by atoms with E-state index in [-0.39, 0.29) is 18.4 Å². The van der Waals surface area contributed by atoms with Gasteiger partial charge >= 0.3 is 5.97 Å². The molecule has 5 rings (SSSR count). The average molecular weight is 407 g/mol. The zero-order chi connectivity index (χ0) is 20.9. The number of carbonyl (C=O) groups is 1. The van der Waals surface area contributed by atoms with E-state index in [2.05, 4.69) is 32.0 Å². The van der Waals surface area contributed by atoms with Crippen LogP contribution in [0.5, 0.6) is 11.5 Å². The highest BCUT2D eigenvalue weighted by molar-refractivity contribution is 5.68.